The average molecular weight is 435 g/mol. The second kappa shape index (κ2) is 11.4. The van der Waals surface area contributed by atoms with Crippen molar-refractivity contribution in [2.75, 3.05) is 51.2 Å². The molecule has 2 aliphatic heterocycles. The molecule has 0 bridgehead atoms. The second-order valence-corrected chi connectivity index (χ2v) is 8.72. The number of benzene rings is 1. The van der Waals surface area contributed by atoms with Crippen LogP contribution in [-0.2, 0) is 4.79 Å². The SMILES string of the molecule is CN=C(NCCCCN1CCC(C(N)=O)CC1)NC1CCN(c2cccc(Cl)c2)C1. The van der Waals surface area contributed by atoms with E-state index in [0.717, 1.165) is 82.4 Å². The van der Waals surface area contributed by atoms with Crippen LogP contribution in [0.5, 0.6) is 0 Å². The molecule has 2 heterocycles. The molecule has 2 aliphatic rings. The summed E-state index contributed by atoms with van der Waals surface area (Å²) >= 11 is 6.12. The third kappa shape index (κ3) is 6.77. The van der Waals surface area contributed by atoms with Crippen molar-refractivity contribution in [2.24, 2.45) is 16.6 Å². The van der Waals surface area contributed by atoms with Crippen molar-refractivity contribution in [1.82, 2.24) is 15.5 Å². The van der Waals surface area contributed by atoms with Crippen molar-refractivity contribution in [1.29, 1.82) is 0 Å². The average Bonchev–Trinajstić information content (AvgIpc) is 3.21. The van der Waals surface area contributed by atoms with Gasteiger partial charge in [0, 0.05) is 49.4 Å². The van der Waals surface area contributed by atoms with E-state index in [1.165, 1.54) is 5.69 Å². The molecule has 7 nitrogen and oxygen atoms in total. The number of anilines is 1. The summed E-state index contributed by atoms with van der Waals surface area (Å²) in [5.74, 6) is 0.800. The number of guanidine groups is 1. The monoisotopic (exact) mass is 434 g/mol. The lowest BCUT2D eigenvalue weighted by atomic mass is 9.96. The highest BCUT2D eigenvalue weighted by molar-refractivity contribution is 6.30. The van der Waals surface area contributed by atoms with Gasteiger partial charge in [-0.05, 0) is 69.9 Å². The van der Waals surface area contributed by atoms with E-state index in [-0.39, 0.29) is 11.8 Å². The Hall–Kier alpha value is -1.99. The number of rotatable bonds is 8. The minimum Gasteiger partial charge on any atom is -0.369 e. The number of hydrogen-bond donors (Lipinski definition) is 3. The van der Waals surface area contributed by atoms with E-state index >= 15 is 0 Å². The third-order valence-corrected chi connectivity index (χ3v) is 6.34. The van der Waals surface area contributed by atoms with Crippen LogP contribution < -0.4 is 21.3 Å². The van der Waals surface area contributed by atoms with E-state index in [4.69, 9.17) is 17.3 Å². The number of aliphatic imine (C=N–C) groups is 1. The number of carbonyl (C=O) groups is 1. The predicted molar refractivity (Wildman–Crippen MR) is 124 cm³/mol. The van der Waals surface area contributed by atoms with E-state index in [2.05, 4.69) is 31.5 Å². The number of nitrogens with two attached hydrogens (primary N) is 1. The zero-order chi connectivity index (χ0) is 21.3. The number of nitrogens with one attached hydrogen (secondary N) is 2. The van der Waals surface area contributed by atoms with Gasteiger partial charge >= 0.3 is 0 Å². The quantitative estimate of drug-likeness (QED) is 0.331. The van der Waals surface area contributed by atoms with Gasteiger partial charge in [-0.2, -0.15) is 0 Å². The van der Waals surface area contributed by atoms with Crippen LogP contribution in [0, 0.1) is 5.92 Å². The summed E-state index contributed by atoms with van der Waals surface area (Å²) in [5.41, 5.74) is 6.58. The lowest BCUT2D eigenvalue weighted by molar-refractivity contribution is -0.123. The Bertz CT molecular complexity index is 719. The number of nitrogens with zero attached hydrogens (tertiary/aromatic N) is 3. The highest BCUT2D eigenvalue weighted by Crippen LogP contribution is 2.23. The maximum absolute atomic E-state index is 11.3. The van der Waals surface area contributed by atoms with Gasteiger partial charge in [0.05, 0.1) is 0 Å². The number of piperidine rings is 1. The van der Waals surface area contributed by atoms with Crippen molar-refractivity contribution in [3.05, 3.63) is 29.3 Å². The molecular weight excluding hydrogens is 400 g/mol. The van der Waals surface area contributed by atoms with Crippen LogP contribution in [0.4, 0.5) is 5.69 Å². The Morgan fingerprint density at radius 3 is 2.73 bits per heavy atom. The Morgan fingerprint density at radius 2 is 2.03 bits per heavy atom. The minimum atomic E-state index is -0.143. The summed E-state index contributed by atoms with van der Waals surface area (Å²) in [4.78, 5) is 20.4. The number of unbranched alkanes of at least 4 members (excludes halogenated alkanes) is 1. The number of carbonyl (C=O) groups excluding carboxylic acids is 1. The van der Waals surface area contributed by atoms with Crippen LogP contribution in [0.3, 0.4) is 0 Å². The van der Waals surface area contributed by atoms with Gasteiger partial charge in [0.15, 0.2) is 5.96 Å². The molecule has 30 heavy (non-hydrogen) atoms. The fourth-order valence-corrected chi connectivity index (χ4v) is 4.47. The van der Waals surface area contributed by atoms with Crippen LogP contribution in [0.1, 0.15) is 32.1 Å². The number of primary amides is 1. The largest absolute Gasteiger partial charge is 0.369 e. The molecule has 1 aromatic rings. The highest BCUT2D eigenvalue weighted by atomic mass is 35.5. The fraction of sp³-hybridized carbons (Fsp3) is 0.636. The van der Waals surface area contributed by atoms with Crippen LogP contribution in [-0.4, -0.2) is 69.1 Å². The third-order valence-electron chi connectivity index (χ3n) is 6.11. The lowest BCUT2D eigenvalue weighted by Gasteiger charge is -2.30. The molecule has 0 saturated carbocycles. The van der Waals surface area contributed by atoms with Crippen LogP contribution in [0.15, 0.2) is 29.3 Å². The topological polar surface area (TPSA) is 86.0 Å². The zero-order valence-electron chi connectivity index (χ0n) is 17.9. The summed E-state index contributed by atoms with van der Waals surface area (Å²) < 4.78 is 0. The molecule has 0 aliphatic carbocycles. The van der Waals surface area contributed by atoms with Crippen molar-refractivity contribution < 1.29 is 4.79 Å². The van der Waals surface area contributed by atoms with Crippen molar-refractivity contribution in [2.45, 2.75) is 38.1 Å². The molecule has 0 spiro atoms. The molecule has 3 rings (SSSR count). The molecule has 1 amide bonds. The molecule has 2 fully saturated rings. The minimum absolute atomic E-state index is 0.0719. The fourth-order valence-electron chi connectivity index (χ4n) is 4.28. The van der Waals surface area contributed by atoms with Gasteiger partial charge in [0.1, 0.15) is 0 Å². The van der Waals surface area contributed by atoms with Crippen LogP contribution in [0.25, 0.3) is 0 Å². The first kappa shape index (κ1) is 22.7. The first-order valence-corrected chi connectivity index (χ1v) is 11.4. The Morgan fingerprint density at radius 1 is 1.23 bits per heavy atom. The van der Waals surface area contributed by atoms with Gasteiger partial charge in [-0.3, -0.25) is 9.79 Å². The molecular formula is C22H35ClN6O. The molecule has 1 unspecified atom stereocenters. The maximum atomic E-state index is 11.3. The van der Waals surface area contributed by atoms with E-state index < -0.39 is 0 Å². The van der Waals surface area contributed by atoms with E-state index in [1.54, 1.807) is 0 Å². The summed E-state index contributed by atoms with van der Waals surface area (Å²) in [6.45, 7) is 5.91. The molecule has 1 atom stereocenters. The van der Waals surface area contributed by atoms with Crippen molar-refractivity contribution in [3.8, 4) is 0 Å². The second-order valence-electron chi connectivity index (χ2n) is 8.28. The van der Waals surface area contributed by atoms with Gasteiger partial charge in [-0.1, -0.05) is 17.7 Å². The van der Waals surface area contributed by atoms with Crippen LogP contribution >= 0.6 is 11.6 Å². The highest BCUT2D eigenvalue weighted by Gasteiger charge is 2.24. The number of halogens is 1. The number of hydrogen-bond acceptors (Lipinski definition) is 4. The van der Waals surface area contributed by atoms with Gasteiger partial charge in [-0.15, -0.1) is 0 Å². The first-order valence-electron chi connectivity index (χ1n) is 11.0. The molecule has 166 valence electrons. The summed E-state index contributed by atoms with van der Waals surface area (Å²) in [6.07, 6.45) is 5.11. The molecule has 4 N–H and O–H groups in total. The van der Waals surface area contributed by atoms with Crippen molar-refractivity contribution >= 4 is 29.2 Å². The van der Waals surface area contributed by atoms with Gasteiger partial charge < -0.3 is 26.2 Å². The Labute approximate surface area is 185 Å². The summed E-state index contributed by atoms with van der Waals surface area (Å²) in [6, 6.07) is 8.41. The molecule has 1 aromatic carbocycles. The predicted octanol–water partition coefficient (Wildman–Crippen LogP) is 2.06. The van der Waals surface area contributed by atoms with Crippen LogP contribution in [0.2, 0.25) is 5.02 Å². The Balaban J connectivity index is 1.30. The number of amides is 1. The molecule has 2 saturated heterocycles. The lowest BCUT2D eigenvalue weighted by Crippen LogP contribution is -2.45. The van der Waals surface area contributed by atoms with Gasteiger partial charge in [-0.25, -0.2) is 0 Å². The van der Waals surface area contributed by atoms with E-state index in [0.29, 0.717) is 6.04 Å². The maximum Gasteiger partial charge on any atom is 0.220 e. The smallest absolute Gasteiger partial charge is 0.220 e. The standard InChI is InChI=1S/C22H35ClN6O/c1-25-22(26-10-2-3-11-28-12-7-17(8-13-28)21(24)30)27-19-9-14-29(16-19)20-6-4-5-18(23)15-20/h4-6,15,17,19H,2-3,7-14,16H2,1H3,(H2,24,30)(H2,25,26,27). The zero-order valence-corrected chi connectivity index (χ0v) is 18.7. The summed E-state index contributed by atoms with van der Waals surface area (Å²) in [5, 5.41) is 7.76. The molecule has 8 heteroatoms. The molecule has 0 aromatic heterocycles. The molecule has 0 radical (unpaired) electrons. The van der Waals surface area contributed by atoms with Gasteiger partial charge in [0.25, 0.3) is 0 Å². The van der Waals surface area contributed by atoms with Gasteiger partial charge in [0.2, 0.25) is 5.91 Å². The number of likely N-dealkylation sites (tertiary alicyclic amines) is 1. The van der Waals surface area contributed by atoms with Crippen molar-refractivity contribution in [3.63, 3.8) is 0 Å². The van der Waals surface area contributed by atoms with E-state index in [9.17, 15) is 4.79 Å². The normalized spacial score (nSPS) is 21.1. The summed E-state index contributed by atoms with van der Waals surface area (Å²) in [7, 11) is 1.82. The Kier molecular flexibility index (Phi) is 8.63. The van der Waals surface area contributed by atoms with E-state index in [1.807, 2.05) is 25.2 Å². The first-order chi connectivity index (χ1) is 14.5.